The second-order valence-corrected chi connectivity index (χ2v) is 7.50. The summed E-state index contributed by atoms with van der Waals surface area (Å²) in [7, 11) is 0. The Labute approximate surface area is 164 Å². The van der Waals surface area contributed by atoms with Crippen LogP contribution in [0.3, 0.4) is 0 Å². The summed E-state index contributed by atoms with van der Waals surface area (Å²) in [5, 5.41) is 2.71. The molecule has 7 heteroatoms. The zero-order valence-corrected chi connectivity index (χ0v) is 16.2. The molecule has 1 spiro atoms. The molecule has 0 aromatic heterocycles. The Morgan fingerprint density at radius 2 is 1.82 bits per heavy atom. The van der Waals surface area contributed by atoms with Gasteiger partial charge in [-0.15, -0.1) is 0 Å². The number of ether oxygens (including phenoxy) is 1. The minimum atomic E-state index is -0.854. The number of Topliss-reactive ketones (excluding diaryl/α,β-unsaturated/α-hetero) is 1. The highest BCUT2D eigenvalue weighted by atomic mass is 16.5. The molecule has 1 aliphatic carbocycles. The lowest BCUT2D eigenvalue weighted by Gasteiger charge is -2.19. The molecule has 3 rings (SSSR count). The fourth-order valence-electron chi connectivity index (χ4n) is 3.78. The normalized spacial score (nSPS) is 17.8. The van der Waals surface area contributed by atoms with Crippen molar-refractivity contribution in [1.29, 1.82) is 0 Å². The topological polar surface area (TPSA) is 92.8 Å². The first kappa shape index (κ1) is 20.0. The maximum absolute atomic E-state index is 12.5. The van der Waals surface area contributed by atoms with Crippen molar-refractivity contribution in [2.24, 2.45) is 0 Å². The van der Waals surface area contributed by atoms with Crippen molar-refractivity contribution in [3.63, 3.8) is 0 Å². The van der Waals surface area contributed by atoms with Crippen LogP contribution in [0.25, 0.3) is 0 Å². The molecule has 0 unspecified atom stereocenters. The molecule has 1 N–H and O–H groups in total. The van der Waals surface area contributed by atoms with Gasteiger partial charge in [0.15, 0.2) is 12.4 Å². The first-order valence-electron chi connectivity index (χ1n) is 9.87. The molecule has 2 fully saturated rings. The number of rotatable bonds is 8. The summed E-state index contributed by atoms with van der Waals surface area (Å²) in [5.74, 6) is -1.47. The third-order valence-corrected chi connectivity index (χ3v) is 5.45. The minimum absolute atomic E-state index is 0.320. The number of amides is 3. The van der Waals surface area contributed by atoms with Gasteiger partial charge in [-0.2, -0.15) is 0 Å². The lowest BCUT2D eigenvalue weighted by atomic mass is 9.98. The highest BCUT2D eigenvalue weighted by molar-refractivity contribution is 6.09. The third-order valence-electron chi connectivity index (χ3n) is 5.45. The molecule has 0 atom stereocenters. The number of urea groups is 1. The summed E-state index contributed by atoms with van der Waals surface area (Å²) in [5.41, 5.74) is 0.773. The molecule has 0 radical (unpaired) electrons. The van der Waals surface area contributed by atoms with Gasteiger partial charge < -0.3 is 10.1 Å². The van der Waals surface area contributed by atoms with E-state index in [0.29, 0.717) is 18.4 Å². The number of ketones is 1. The lowest BCUT2D eigenvalue weighted by molar-refractivity contribution is -0.146. The van der Waals surface area contributed by atoms with Gasteiger partial charge in [0, 0.05) is 5.56 Å². The SMILES string of the molecule is CCCCc1ccc(C(=O)COC(=O)CN2C(=O)NC3(CCCC3)C2=O)cc1. The second-order valence-electron chi connectivity index (χ2n) is 7.50. The van der Waals surface area contributed by atoms with Crippen LogP contribution in [0.15, 0.2) is 24.3 Å². The van der Waals surface area contributed by atoms with Gasteiger partial charge in [0.2, 0.25) is 0 Å². The van der Waals surface area contributed by atoms with Gasteiger partial charge in [-0.1, -0.05) is 50.5 Å². The summed E-state index contributed by atoms with van der Waals surface area (Å²) < 4.78 is 5.00. The number of unbranched alkanes of at least 4 members (excludes halogenated alkanes) is 1. The van der Waals surface area contributed by atoms with E-state index in [2.05, 4.69) is 12.2 Å². The first-order valence-corrected chi connectivity index (χ1v) is 9.87. The maximum Gasteiger partial charge on any atom is 0.326 e. The van der Waals surface area contributed by atoms with Crippen molar-refractivity contribution in [2.45, 2.75) is 57.4 Å². The Morgan fingerprint density at radius 1 is 1.14 bits per heavy atom. The summed E-state index contributed by atoms with van der Waals surface area (Å²) in [6, 6.07) is 6.68. The quantitative estimate of drug-likeness (QED) is 0.421. The van der Waals surface area contributed by atoms with Crippen LogP contribution in [0, 0.1) is 0 Å². The number of benzene rings is 1. The third kappa shape index (κ3) is 4.24. The molecule has 7 nitrogen and oxygen atoms in total. The molecule has 150 valence electrons. The molecule has 1 aliphatic heterocycles. The second kappa shape index (κ2) is 8.54. The minimum Gasteiger partial charge on any atom is -0.456 e. The predicted octanol–water partition coefficient (Wildman–Crippen LogP) is 2.62. The molecule has 1 aromatic rings. The Bertz CT molecular complexity index is 766. The predicted molar refractivity (Wildman–Crippen MR) is 102 cm³/mol. The molecule has 2 aliphatic rings. The van der Waals surface area contributed by atoms with Crippen molar-refractivity contribution in [1.82, 2.24) is 10.2 Å². The molecule has 1 saturated heterocycles. The molecule has 1 heterocycles. The number of esters is 1. The van der Waals surface area contributed by atoms with Crippen LogP contribution in [0.5, 0.6) is 0 Å². The number of carbonyl (C=O) groups excluding carboxylic acids is 4. The number of imide groups is 1. The Balaban J connectivity index is 1.49. The average Bonchev–Trinajstić information content (AvgIpc) is 3.25. The molecule has 28 heavy (non-hydrogen) atoms. The zero-order chi connectivity index (χ0) is 20.1. The summed E-state index contributed by atoms with van der Waals surface area (Å²) >= 11 is 0. The largest absolute Gasteiger partial charge is 0.456 e. The van der Waals surface area contributed by atoms with Crippen molar-refractivity contribution < 1.29 is 23.9 Å². The number of hydrogen-bond donors (Lipinski definition) is 1. The molecule has 1 aromatic carbocycles. The van der Waals surface area contributed by atoms with E-state index < -0.39 is 30.7 Å². The Morgan fingerprint density at radius 3 is 2.46 bits per heavy atom. The lowest BCUT2D eigenvalue weighted by Crippen LogP contribution is -2.44. The Hall–Kier alpha value is -2.70. The monoisotopic (exact) mass is 386 g/mol. The van der Waals surface area contributed by atoms with Gasteiger partial charge in [0.1, 0.15) is 12.1 Å². The van der Waals surface area contributed by atoms with Gasteiger partial charge in [-0.25, -0.2) is 4.79 Å². The van der Waals surface area contributed by atoms with Crippen molar-refractivity contribution in [2.75, 3.05) is 13.2 Å². The van der Waals surface area contributed by atoms with Gasteiger partial charge >= 0.3 is 12.0 Å². The summed E-state index contributed by atoms with van der Waals surface area (Å²) in [6.45, 7) is 1.23. The van der Waals surface area contributed by atoms with E-state index in [4.69, 9.17) is 4.74 Å². The highest BCUT2D eigenvalue weighted by Gasteiger charge is 2.52. The van der Waals surface area contributed by atoms with E-state index in [1.807, 2.05) is 12.1 Å². The van der Waals surface area contributed by atoms with Crippen LogP contribution in [-0.4, -0.2) is 47.3 Å². The molecular formula is C21H26N2O5. The number of aryl methyl sites for hydroxylation is 1. The van der Waals surface area contributed by atoms with Crippen molar-refractivity contribution in [3.8, 4) is 0 Å². The van der Waals surface area contributed by atoms with Crippen LogP contribution in [0.1, 0.15) is 61.4 Å². The highest BCUT2D eigenvalue weighted by Crippen LogP contribution is 2.34. The summed E-state index contributed by atoms with van der Waals surface area (Å²) in [6.07, 6.45) is 6.09. The number of nitrogens with zero attached hydrogens (tertiary/aromatic N) is 1. The van der Waals surface area contributed by atoms with Crippen LogP contribution < -0.4 is 5.32 Å². The van der Waals surface area contributed by atoms with Crippen LogP contribution >= 0.6 is 0 Å². The number of hydrogen-bond acceptors (Lipinski definition) is 5. The van der Waals surface area contributed by atoms with Crippen molar-refractivity contribution in [3.05, 3.63) is 35.4 Å². The van der Waals surface area contributed by atoms with E-state index >= 15 is 0 Å². The fourth-order valence-corrected chi connectivity index (χ4v) is 3.78. The van der Waals surface area contributed by atoms with E-state index in [1.165, 1.54) is 0 Å². The van der Waals surface area contributed by atoms with E-state index in [0.717, 1.165) is 42.6 Å². The van der Waals surface area contributed by atoms with Gasteiger partial charge in [0.05, 0.1) is 0 Å². The molecule has 0 bridgehead atoms. The van der Waals surface area contributed by atoms with E-state index in [9.17, 15) is 19.2 Å². The van der Waals surface area contributed by atoms with Crippen molar-refractivity contribution >= 4 is 23.7 Å². The first-order chi connectivity index (χ1) is 13.4. The number of nitrogens with one attached hydrogen (secondary N) is 1. The fraction of sp³-hybridized carbons (Fsp3) is 0.524. The van der Waals surface area contributed by atoms with Gasteiger partial charge in [-0.05, 0) is 31.2 Å². The molecular weight excluding hydrogens is 360 g/mol. The van der Waals surface area contributed by atoms with E-state index in [-0.39, 0.29) is 11.7 Å². The maximum atomic E-state index is 12.5. The number of carbonyl (C=O) groups is 4. The Kier molecular flexibility index (Phi) is 6.11. The zero-order valence-electron chi connectivity index (χ0n) is 16.2. The van der Waals surface area contributed by atoms with E-state index in [1.54, 1.807) is 12.1 Å². The van der Waals surface area contributed by atoms with Crippen LogP contribution in [-0.2, 0) is 20.7 Å². The standard InChI is InChI=1S/C21H26N2O5/c1-2-3-6-15-7-9-16(10-8-15)17(24)14-28-18(25)13-23-19(26)21(22-20(23)27)11-4-5-12-21/h7-10H,2-6,11-14H2,1H3,(H,22,27). The van der Waals surface area contributed by atoms with Gasteiger partial charge in [-0.3, -0.25) is 19.3 Å². The smallest absolute Gasteiger partial charge is 0.326 e. The van der Waals surface area contributed by atoms with Crippen LogP contribution in [0.4, 0.5) is 4.79 Å². The van der Waals surface area contributed by atoms with Gasteiger partial charge in [0.25, 0.3) is 5.91 Å². The average molecular weight is 386 g/mol. The molecule has 1 saturated carbocycles. The summed E-state index contributed by atoms with van der Waals surface area (Å²) in [4.78, 5) is 49.7. The van der Waals surface area contributed by atoms with Crippen LogP contribution in [0.2, 0.25) is 0 Å². The molecule has 3 amide bonds.